The molecule has 0 aliphatic carbocycles. The van der Waals surface area contributed by atoms with Crippen LogP contribution in [0.5, 0.6) is 0 Å². The summed E-state index contributed by atoms with van der Waals surface area (Å²) in [6.45, 7) is 8.20. The predicted molar refractivity (Wildman–Crippen MR) is 82.4 cm³/mol. The first kappa shape index (κ1) is 14.7. The summed E-state index contributed by atoms with van der Waals surface area (Å²) in [7, 11) is 0. The van der Waals surface area contributed by atoms with Crippen molar-refractivity contribution in [3.63, 3.8) is 0 Å². The molecule has 1 heterocycles. The van der Waals surface area contributed by atoms with Crippen molar-refractivity contribution in [3.05, 3.63) is 29.6 Å². The minimum absolute atomic E-state index is 0.144. The molecule has 2 N–H and O–H groups in total. The minimum Gasteiger partial charge on any atom is -0.368 e. The average Bonchev–Trinajstić information content (AvgIpc) is 2.50. The molecule has 0 radical (unpaired) electrons. The van der Waals surface area contributed by atoms with Gasteiger partial charge in [-0.2, -0.15) is 11.8 Å². The molecule has 1 aromatic carbocycles. The summed E-state index contributed by atoms with van der Waals surface area (Å²) in [5.41, 5.74) is 7.60. The third-order valence-corrected chi connectivity index (χ3v) is 5.03. The van der Waals surface area contributed by atoms with Crippen molar-refractivity contribution in [2.75, 3.05) is 23.7 Å². The quantitative estimate of drug-likeness (QED) is 0.899. The van der Waals surface area contributed by atoms with E-state index in [0.29, 0.717) is 5.69 Å². The zero-order valence-corrected chi connectivity index (χ0v) is 12.8. The Bertz CT molecular complexity index is 446. The Morgan fingerprint density at radius 2 is 2.11 bits per heavy atom. The van der Waals surface area contributed by atoms with E-state index in [9.17, 15) is 4.39 Å². The summed E-state index contributed by atoms with van der Waals surface area (Å²) in [6.07, 6.45) is 1.06. The van der Waals surface area contributed by atoms with Gasteiger partial charge in [0.2, 0.25) is 0 Å². The molecule has 0 saturated carbocycles. The monoisotopic (exact) mass is 282 g/mol. The Hall–Kier alpha value is -0.740. The molecule has 2 rings (SSSR count). The summed E-state index contributed by atoms with van der Waals surface area (Å²) >= 11 is 1.96. The van der Waals surface area contributed by atoms with Gasteiger partial charge in [-0.3, -0.25) is 0 Å². The fraction of sp³-hybridized carbons (Fsp3) is 0.600. The van der Waals surface area contributed by atoms with Gasteiger partial charge >= 0.3 is 0 Å². The maximum Gasteiger partial charge on any atom is 0.146 e. The van der Waals surface area contributed by atoms with Crippen LogP contribution in [0.2, 0.25) is 0 Å². The minimum atomic E-state index is -0.153. The molecular formula is C15H23FN2S. The number of hydrogen-bond donors (Lipinski definition) is 1. The molecule has 1 unspecified atom stereocenters. The van der Waals surface area contributed by atoms with Gasteiger partial charge in [0.25, 0.3) is 0 Å². The lowest BCUT2D eigenvalue weighted by molar-refractivity contribution is 0.596. The van der Waals surface area contributed by atoms with Gasteiger partial charge in [-0.15, -0.1) is 0 Å². The number of nitrogens with two attached hydrogens (primary N) is 1. The molecule has 1 atom stereocenters. The summed E-state index contributed by atoms with van der Waals surface area (Å²) in [5.74, 6) is 0.874. The summed E-state index contributed by atoms with van der Waals surface area (Å²) in [5, 5.41) is 0. The van der Waals surface area contributed by atoms with Crippen molar-refractivity contribution in [1.29, 1.82) is 0 Å². The molecule has 4 heteroatoms. The van der Waals surface area contributed by atoms with Gasteiger partial charge in [-0.05, 0) is 25.0 Å². The van der Waals surface area contributed by atoms with Gasteiger partial charge in [0, 0.05) is 29.6 Å². The van der Waals surface area contributed by atoms with Crippen molar-refractivity contribution in [2.24, 2.45) is 5.73 Å². The van der Waals surface area contributed by atoms with Crippen molar-refractivity contribution >= 4 is 17.4 Å². The smallest absolute Gasteiger partial charge is 0.146 e. The van der Waals surface area contributed by atoms with Crippen LogP contribution in [0, 0.1) is 5.82 Å². The molecule has 1 aliphatic rings. The third kappa shape index (κ3) is 3.42. The van der Waals surface area contributed by atoms with Crippen LogP contribution in [0.1, 0.15) is 38.8 Å². The Kier molecular flexibility index (Phi) is 4.41. The van der Waals surface area contributed by atoms with Crippen LogP contribution < -0.4 is 10.6 Å². The number of anilines is 1. The van der Waals surface area contributed by atoms with E-state index >= 15 is 0 Å². The maximum atomic E-state index is 14.2. The van der Waals surface area contributed by atoms with Crippen LogP contribution in [0.25, 0.3) is 0 Å². The molecule has 0 spiro atoms. The Morgan fingerprint density at radius 1 is 1.37 bits per heavy atom. The van der Waals surface area contributed by atoms with Gasteiger partial charge in [-0.25, -0.2) is 4.39 Å². The first-order valence-corrected chi connectivity index (χ1v) is 7.82. The molecule has 0 aromatic heterocycles. The summed E-state index contributed by atoms with van der Waals surface area (Å²) in [6, 6.07) is 5.07. The lowest BCUT2D eigenvalue weighted by Gasteiger charge is -2.27. The van der Waals surface area contributed by atoms with E-state index in [1.54, 1.807) is 6.07 Å². The van der Waals surface area contributed by atoms with Crippen LogP contribution >= 0.6 is 11.8 Å². The van der Waals surface area contributed by atoms with E-state index in [4.69, 9.17) is 5.73 Å². The molecule has 2 nitrogen and oxygen atoms in total. The molecule has 1 aromatic rings. The molecule has 19 heavy (non-hydrogen) atoms. The number of halogens is 1. The molecule has 1 aliphatic heterocycles. The number of nitrogens with zero attached hydrogens (tertiary/aromatic N) is 1. The molecule has 106 valence electrons. The Labute approximate surface area is 119 Å². The average molecular weight is 282 g/mol. The van der Waals surface area contributed by atoms with Gasteiger partial charge in [0.15, 0.2) is 0 Å². The normalized spacial score (nSPS) is 21.0. The van der Waals surface area contributed by atoms with E-state index in [0.717, 1.165) is 30.8 Å². The van der Waals surface area contributed by atoms with Crippen molar-refractivity contribution in [1.82, 2.24) is 0 Å². The van der Waals surface area contributed by atoms with E-state index < -0.39 is 0 Å². The lowest BCUT2D eigenvalue weighted by Crippen LogP contribution is -2.29. The molecule has 1 fully saturated rings. The Morgan fingerprint density at radius 3 is 2.79 bits per heavy atom. The topological polar surface area (TPSA) is 29.3 Å². The second kappa shape index (κ2) is 5.71. The van der Waals surface area contributed by atoms with Crippen LogP contribution in [0.3, 0.4) is 0 Å². The van der Waals surface area contributed by atoms with Gasteiger partial charge in [0.05, 0.1) is 5.69 Å². The van der Waals surface area contributed by atoms with Crippen molar-refractivity contribution < 1.29 is 4.39 Å². The highest BCUT2D eigenvalue weighted by molar-refractivity contribution is 8.00. The standard InChI is InChI=1S/C15H23FN2S/c1-11(17)12-5-4-6-13(16)14(12)18-8-7-15(2,3)19-10-9-18/h4-6,11H,7-10,17H2,1-3H3. The third-order valence-electron chi connectivity index (χ3n) is 3.66. The van der Waals surface area contributed by atoms with E-state index in [1.165, 1.54) is 6.07 Å². The molecule has 1 saturated heterocycles. The molecular weight excluding hydrogens is 259 g/mol. The van der Waals surface area contributed by atoms with Gasteiger partial charge in [0.1, 0.15) is 5.82 Å². The Balaban J connectivity index is 2.31. The van der Waals surface area contributed by atoms with E-state index in [-0.39, 0.29) is 16.6 Å². The highest BCUT2D eigenvalue weighted by atomic mass is 32.2. The summed E-state index contributed by atoms with van der Waals surface area (Å²) in [4.78, 5) is 2.16. The number of benzene rings is 1. The zero-order valence-electron chi connectivity index (χ0n) is 11.9. The first-order chi connectivity index (χ1) is 8.91. The number of rotatable bonds is 2. The van der Waals surface area contributed by atoms with Crippen LogP contribution in [-0.2, 0) is 0 Å². The van der Waals surface area contributed by atoms with Crippen LogP contribution in [-0.4, -0.2) is 23.6 Å². The number of hydrogen-bond acceptors (Lipinski definition) is 3. The number of thioether (sulfide) groups is 1. The SMILES string of the molecule is CC(N)c1cccc(F)c1N1CCSC(C)(C)CC1. The van der Waals surface area contributed by atoms with Gasteiger partial charge < -0.3 is 10.6 Å². The highest BCUT2D eigenvalue weighted by Crippen LogP contribution is 2.35. The second-order valence-corrected chi connectivity index (χ2v) is 7.61. The fourth-order valence-corrected chi connectivity index (χ4v) is 3.58. The van der Waals surface area contributed by atoms with Crippen LogP contribution in [0.4, 0.5) is 10.1 Å². The molecule has 0 bridgehead atoms. The molecule has 0 amide bonds. The van der Waals surface area contributed by atoms with Crippen molar-refractivity contribution in [3.8, 4) is 0 Å². The second-order valence-electron chi connectivity index (χ2n) is 5.81. The predicted octanol–water partition coefficient (Wildman–Crippen LogP) is 3.57. The fourth-order valence-electron chi connectivity index (χ4n) is 2.48. The largest absolute Gasteiger partial charge is 0.368 e. The van der Waals surface area contributed by atoms with Crippen molar-refractivity contribution in [2.45, 2.75) is 38.0 Å². The zero-order chi connectivity index (χ0) is 14.0. The maximum absolute atomic E-state index is 14.2. The first-order valence-electron chi connectivity index (χ1n) is 6.83. The lowest BCUT2D eigenvalue weighted by atomic mass is 10.0. The summed E-state index contributed by atoms with van der Waals surface area (Å²) < 4.78 is 14.5. The van der Waals surface area contributed by atoms with E-state index in [2.05, 4.69) is 18.7 Å². The highest BCUT2D eigenvalue weighted by Gasteiger charge is 2.26. The number of para-hydroxylation sites is 1. The van der Waals surface area contributed by atoms with Crippen LogP contribution in [0.15, 0.2) is 18.2 Å². The van der Waals surface area contributed by atoms with Gasteiger partial charge in [-0.1, -0.05) is 26.0 Å². The van der Waals surface area contributed by atoms with E-state index in [1.807, 2.05) is 24.8 Å².